The number of rotatable bonds is 3. The van der Waals surface area contributed by atoms with Crippen LogP contribution < -0.4 is 0 Å². The van der Waals surface area contributed by atoms with Crippen molar-refractivity contribution >= 4 is 28.9 Å². The summed E-state index contributed by atoms with van der Waals surface area (Å²) in [4.78, 5) is 14.2. The van der Waals surface area contributed by atoms with Gasteiger partial charge in [-0.15, -0.1) is 11.3 Å². The van der Waals surface area contributed by atoms with E-state index in [1.54, 1.807) is 0 Å². The molecule has 1 saturated heterocycles. The van der Waals surface area contributed by atoms with Crippen LogP contribution in [-0.2, 0) is 16.0 Å². The van der Waals surface area contributed by atoms with Crippen LogP contribution >= 0.6 is 22.9 Å². The second-order valence-corrected chi connectivity index (χ2v) is 5.04. The zero-order valence-corrected chi connectivity index (χ0v) is 11.1. The fourth-order valence-electron chi connectivity index (χ4n) is 1.72. The highest BCUT2D eigenvalue weighted by Crippen LogP contribution is 2.29. The van der Waals surface area contributed by atoms with E-state index in [2.05, 4.69) is 9.64 Å². The molecule has 1 aliphatic heterocycles. The molecule has 0 aromatic carbocycles. The largest absolute Gasteiger partial charge is 0.465 e. The maximum absolute atomic E-state index is 11.4. The standard InChI is InChI=1S/C11H14ClNO3S/c1-15-11(14)10-9(12)8(7-17-10)6-13-2-4-16-5-3-13/h7H,2-6H2,1H3. The number of methoxy groups -OCH3 is 1. The molecule has 1 fully saturated rings. The molecule has 17 heavy (non-hydrogen) atoms. The molecule has 6 heteroatoms. The first-order valence-corrected chi connectivity index (χ1v) is 6.62. The van der Waals surface area contributed by atoms with Gasteiger partial charge in [0.25, 0.3) is 0 Å². The topological polar surface area (TPSA) is 38.8 Å². The van der Waals surface area contributed by atoms with Gasteiger partial charge in [0, 0.05) is 19.6 Å². The van der Waals surface area contributed by atoms with Crippen molar-refractivity contribution in [3.63, 3.8) is 0 Å². The van der Waals surface area contributed by atoms with E-state index in [4.69, 9.17) is 16.3 Å². The van der Waals surface area contributed by atoms with Gasteiger partial charge in [0.1, 0.15) is 4.88 Å². The molecule has 0 N–H and O–H groups in total. The molecule has 0 atom stereocenters. The van der Waals surface area contributed by atoms with Crippen LogP contribution in [0.15, 0.2) is 5.38 Å². The highest BCUT2D eigenvalue weighted by atomic mass is 35.5. The van der Waals surface area contributed by atoms with E-state index < -0.39 is 0 Å². The summed E-state index contributed by atoms with van der Waals surface area (Å²) in [5.74, 6) is -0.367. The van der Waals surface area contributed by atoms with Crippen molar-refractivity contribution in [2.24, 2.45) is 0 Å². The normalized spacial score (nSPS) is 17.1. The van der Waals surface area contributed by atoms with Gasteiger partial charge in [-0.05, 0) is 10.9 Å². The van der Waals surface area contributed by atoms with Gasteiger partial charge in [0.15, 0.2) is 0 Å². The minimum absolute atomic E-state index is 0.367. The van der Waals surface area contributed by atoms with Crippen LogP contribution in [0, 0.1) is 0 Å². The number of hydrogen-bond donors (Lipinski definition) is 0. The molecular formula is C11H14ClNO3S. The summed E-state index contributed by atoms with van der Waals surface area (Å²) < 4.78 is 9.96. The fourth-order valence-corrected chi connectivity index (χ4v) is 2.97. The summed E-state index contributed by atoms with van der Waals surface area (Å²) in [6, 6.07) is 0. The maximum atomic E-state index is 11.4. The van der Waals surface area contributed by atoms with Gasteiger partial charge in [-0.25, -0.2) is 4.79 Å². The van der Waals surface area contributed by atoms with Crippen LogP contribution in [0.25, 0.3) is 0 Å². The Morgan fingerprint density at radius 1 is 1.59 bits per heavy atom. The van der Waals surface area contributed by atoms with Crippen molar-refractivity contribution < 1.29 is 14.3 Å². The third kappa shape index (κ3) is 2.98. The highest BCUT2D eigenvalue weighted by molar-refractivity contribution is 7.12. The maximum Gasteiger partial charge on any atom is 0.349 e. The Bertz CT molecular complexity index is 401. The summed E-state index contributed by atoms with van der Waals surface area (Å²) in [6.07, 6.45) is 0. The van der Waals surface area contributed by atoms with Gasteiger partial charge < -0.3 is 9.47 Å². The number of hydrogen-bond acceptors (Lipinski definition) is 5. The van der Waals surface area contributed by atoms with Crippen LogP contribution in [0.3, 0.4) is 0 Å². The van der Waals surface area contributed by atoms with E-state index in [-0.39, 0.29) is 5.97 Å². The first-order valence-electron chi connectivity index (χ1n) is 5.36. The lowest BCUT2D eigenvalue weighted by atomic mass is 10.2. The Kier molecular flexibility index (Phi) is 4.39. The molecule has 2 rings (SSSR count). The number of carbonyl (C=O) groups is 1. The minimum atomic E-state index is -0.367. The second-order valence-electron chi connectivity index (χ2n) is 3.78. The van der Waals surface area contributed by atoms with Crippen LogP contribution in [0.4, 0.5) is 0 Å². The molecule has 2 heterocycles. The van der Waals surface area contributed by atoms with E-state index in [1.165, 1.54) is 18.4 Å². The SMILES string of the molecule is COC(=O)c1scc(CN2CCOCC2)c1Cl. The van der Waals surface area contributed by atoms with Crippen LogP contribution in [0.5, 0.6) is 0 Å². The summed E-state index contributed by atoms with van der Waals surface area (Å²) in [5.41, 5.74) is 0.985. The third-order valence-electron chi connectivity index (χ3n) is 2.67. The predicted molar refractivity (Wildman–Crippen MR) is 66.8 cm³/mol. The number of nitrogens with zero attached hydrogens (tertiary/aromatic N) is 1. The third-order valence-corrected chi connectivity index (χ3v) is 4.22. The highest BCUT2D eigenvalue weighted by Gasteiger charge is 2.19. The van der Waals surface area contributed by atoms with Crippen LogP contribution in [0.1, 0.15) is 15.2 Å². The summed E-state index contributed by atoms with van der Waals surface area (Å²) in [5, 5.41) is 2.44. The van der Waals surface area contributed by atoms with E-state index in [0.717, 1.165) is 38.4 Å². The van der Waals surface area contributed by atoms with Gasteiger partial charge in [-0.3, -0.25) is 4.90 Å². The molecule has 1 aromatic heterocycles. The molecule has 0 bridgehead atoms. The molecule has 1 aromatic rings. The average molecular weight is 276 g/mol. The lowest BCUT2D eigenvalue weighted by Gasteiger charge is -2.26. The van der Waals surface area contributed by atoms with Gasteiger partial charge in [-0.2, -0.15) is 0 Å². The summed E-state index contributed by atoms with van der Waals surface area (Å²) >= 11 is 7.50. The Balaban J connectivity index is 2.06. The Hall–Kier alpha value is -0.620. The molecule has 0 spiro atoms. The van der Waals surface area contributed by atoms with E-state index >= 15 is 0 Å². The number of halogens is 1. The van der Waals surface area contributed by atoms with Crippen LogP contribution in [-0.4, -0.2) is 44.3 Å². The van der Waals surface area contributed by atoms with Crippen molar-refractivity contribution in [1.82, 2.24) is 4.90 Å². The Morgan fingerprint density at radius 2 is 2.29 bits per heavy atom. The first kappa shape index (κ1) is 12.8. The van der Waals surface area contributed by atoms with E-state index in [1.807, 2.05) is 5.38 Å². The molecule has 4 nitrogen and oxygen atoms in total. The molecule has 0 amide bonds. The van der Waals surface area contributed by atoms with Crippen molar-refractivity contribution in [1.29, 1.82) is 0 Å². The zero-order chi connectivity index (χ0) is 12.3. The van der Waals surface area contributed by atoms with Gasteiger partial charge in [0.05, 0.1) is 25.3 Å². The minimum Gasteiger partial charge on any atom is -0.465 e. The number of thiophene rings is 1. The second kappa shape index (κ2) is 5.82. The van der Waals surface area contributed by atoms with Gasteiger partial charge >= 0.3 is 5.97 Å². The van der Waals surface area contributed by atoms with E-state index in [9.17, 15) is 4.79 Å². The van der Waals surface area contributed by atoms with Gasteiger partial charge in [0.2, 0.25) is 0 Å². The lowest BCUT2D eigenvalue weighted by molar-refractivity contribution is 0.0342. The number of ether oxygens (including phenoxy) is 2. The molecule has 0 aliphatic carbocycles. The van der Waals surface area contributed by atoms with E-state index in [0.29, 0.717) is 9.90 Å². The van der Waals surface area contributed by atoms with Crippen LogP contribution in [0.2, 0.25) is 5.02 Å². The monoisotopic (exact) mass is 275 g/mol. The molecule has 0 unspecified atom stereocenters. The fraction of sp³-hybridized carbons (Fsp3) is 0.545. The molecule has 0 radical (unpaired) electrons. The van der Waals surface area contributed by atoms with Crippen molar-refractivity contribution in [3.8, 4) is 0 Å². The average Bonchev–Trinajstić information content (AvgIpc) is 2.72. The number of morpholine rings is 1. The first-order chi connectivity index (χ1) is 8.22. The molecule has 1 aliphatic rings. The molecule has 94 valence electrons. The summed E-state index contributed by atoms with van der Waals surface area (Å²) in [6.45, 7) is 4.08. The molecule has 0 saturated carbocycles. The lowest BCUT2D eigenvalue weighted by Crippen LogP contribution is -2.35. The predicted octanol–water partition coefficient (Wildman–Crippen LogP) is 2.02. The number of esters is 1. The van der Waals surface area contributed by atoms with Crippen molar-refractivity contribution in [3.05, 3.63) is 20.8 Å². The van der Waals surface area contributed by atoms with Gasteiger partial charge in [-0.1, -0.05) is 11.6 Å². The quantitative estimate of drug-likeness (QED) is 0.791. The Morgan fingerprint density at radius 3 is 2.94 bits per heavy atom. The van der Waals surface area contributed by atoms with Crippen molar-refractivity contribution in [2.75, 3.05) is 33.4 Å². The number of carbonyl (C=O) groups excluding carboxylic acids is 1. The smallest absolute Gasteiger partial charge is 0.349 e. The summed E-state index contributed by atoms with van der Waals surface area (Å²) in [7, 11) is 1.36. The zero-order valence-electron chi connectivity index (χ0n) is 9.57. The molecular weight excluding hydrogens is 262 g/mol. The van der Waals surface area contributed by atoms with Crippen molar-refractivity contribution in [2.45, 2.75) is 6.54 Å². The Labute approximate surface area is 109 Å².